The third-order valence-electron chi connectivity index (χ3n) is 3.24. The fourth-order valence-corrected chi connectivity index (χ4v) is 2.75. The smallest absolute Gasteiger partial charge is 0.142 e. The average Bonchev–Trinajstić information content (AvgIpc) is 2.93. The zero-order chi connectivity index (χ0) is 14.4. The Morgan fingerprint density at radius 3 is 2.75 bits per heavy atom. The standard InChI is InChI=1S/C16H23N3S/c1-12(2)7-8-13(3)18-10-14-11-20-16(19-14)15-6-4-5-9-17-15/h4-6,9,11-13,18H,7-8,10H2,1-3H3. The topological polar surface area (TPSA) is 37.8 Å². The molecule has 2 aromatic heterocycles. The van der Waals surface area contributed by atoms with Gasteiger partial charge in [0.1, 0.15) is 5.01 Å². The minimum absolute atomic E-state index is 0.539. The van der Waals surface area contributed by atoms with E-state index in [0.717, 1.165) is 28.9 Å². The molecule has 1 unspecified atom stereocenters. The Bertz CT molecular complexity index is 507. The number of hydrogen-bond acceptors (Lipinski definition) is 4. The summed E-state index contributed by atoms with van der Waals surface area (Å²) in [4.78, 5) is 8.98. The van der Waals surface area contributed by atoms with Crippen molar-refractivity contribution >= 4 is 11.3 Å². The molecule has 1 atom stereocenters. The van der Waals surface area contributed by atoms with Gasteiger partial charge in [0.2, 0.25) is 0 Å². The molecule has 0 bridgehead atoms. The molecule has 0 aliphatic heterocycles. The third-order valence-corrected chi connectivity index (χ3v) is 4.16. The summed E-state index contributed by atoms with van der Waals surface area (Å²) in [6.45, 7) is 7.62. The molecule has 4 heteroatoms. The molecule has 108 valence electrons. The molecule has 0 fully saturated rings. The van der Waals surface area contributed by atoms with Crippen LogP contribution in [0.4, 0.5) is 0 Å². The lowest BCUT2D eigenvalue weighted by Gasteiger charge is -2.13. The van der Waals surface area contributed by atoms with Gasteiger partial charge in [0.15, 0.2) is 0 Å². The van der Waals surface area contributed by atoms with Gasteiger partial charge < -0.3 is 5.32 Å². The predicted molar refractivity (Wildman–Crippen MR) is 85.7 cm³/mol. The first kappa shape index (κ1) is 15.1. The second-order valence-corrected chi connectivity index (χ2v) is 6.47. The first-order valence-corrected chi connectivity index (χ1v) is 8.12. The summed E-state index contributed by atoms with van der Waals surface area (Å²) >= 11 is 1.66. The molecule has 0 saturated carbocycles. The van der Waals surface area contributed by atoms with Crippen LogP contribution in [0.3, 0.4) is 0 Å². The summed E-state index contributed by atoms with van der Waals surface area (Å²) in [6, 6.07) is 6.46. The van der Waals surface area contributed by atoms with E-state index in [1.165, 1.54) is 12.8 Å². The molecule has 0 aliphatic carbocycles. The summed E-state index contributed by atoms with van der Waals surface area (Å²) < 4.78 is 0. The number of nitrogens with one attached hydrogen (secondary N) is 1. The highest BCUT2D eigenvalue weighted by Crippen LogP contribution is 2.21. The van der Waals surface area contributed by atoms with Crippen LogP contribution >= 0.6 is 11.3 Å². The normalized spacial score (nSPS) is 12.8. The number of aromatic nitrogens is 2. The van der Waals surface area contributed by atoms with Crippen LogP contribution in [0.15, 0.2) is 29.8 Å². The fourth-order valence-electron chi connectivity index (χ4n) is 1.96. The summed E-state index contributed by atoms with van der Waals surface area (Å²) in [5.41, 5.74) is 2.06. The minimum atomic E-state index is 0.539. The maximum absolute atomic E-state index is 4.64. The van der Waals surface area contributed by atoms with Crippen molar-refractivity contribution in [3.63, 3.8) is 0 Å². The van der Waals surface area contributed by atoms with Gasteiger partial charge in [-0.05, 0) is 37.8 Å². The van der Waals surface area contributed by atoms with Crippen molar-refractivity contribution in [3.8, 4) is 10.7 Å². The van der Waals surface area contributed by atoms with Gasteiger partial charge in [-0.25, -0.2) is 4.98 Å². The fraction of sp³-hybridized carbons (Fsp3) is 0.500. The highest BCUT2D eigenvalue weighted by atomic mass is 32.1. The van der Waals surface area contributed by atoms with E-state index in [0.29, 0.717) is 6.04 Å². The maximum atomic E-state index is 4.64. The summed E-state index contributed by atoms with van der Waals surface area (Å²) in [5.74, 6) is 0.772. The zero-order valence-electron chi connectivity index (χ0n) is 12.5. The second-order valence-electron chi connectivity index (χ2n) is 5.61. The zero-order valence-corrected chi connectivity index (χ0v) is 13.3. The minimum Gasteiger partial charge on any atom is -0.309 e. The van der Waals surface area contributed by atoms with Gasteiger partial charge in [0, 0.05) is 24.2 Å². The number of nitrogens with zero attached hydrogens (tertiary/aromatic N) is 2. The van der Waals surface area contributed by atoms with Crippen LogP contribution < -0.4 is 5.32 Å². The molecular formula is C16H23N3S. The van der Waals surface area contributed by atoms with Crippen molar-refractivity contribution in [1.82, 2.24) is 15.3 Å². The average molecular weight is 289 g/mol. The molecule has 3 nitrogen and oxygen atoms in total. The first-order chi connectivity index (χ1) is 9.65. The maximum Gasteiger partial charge on any atom is 0.142 e. The van der Waals surface area contributed by atoms with Crippen LogP contribution in [0.1, 0.15) is 39.3 Å². The van der Waals surface area contributed by atoms with Crippen LogP contribution in [-0.2, 0) is 6.54 Å². The molecule has 0 spiro atoms. The molecule has 20 heavy (non-hydrogen) atoms. The largest absolute Gasteiger partial charge is 0.309 e. The first-order valence-electron chi connectivity index (χ1n) is 7.24. The van der Waals surface area contributed by atoms with Gasteiger partial charge >= 0.3 is 0 Å². The van der Waals surface area contributed by atoms with Crippen LogP contribution in [0.2, 0.25) is 0 Å². The van der Waals surface area contributed by atoms with Crippen LogP contribution in [0, 0.1) is 5.92 Å². The van der Waals surface area contributed by atoms with E-state index in [1.54, 1.807) is 11.3 Å². The lowest BCUT2D eigenvalue weighted by atomic mass is 10.0. The quantitative estimate of drug-likeness (QED) is 0.833. The van der Waals surface area contributed by atoms with Gasteiger partial charge in [-0.2, -0.15) is 0 Å². The Morgan fingerprint density at radius 1 is 1.20 bits per heavy atom. The van der Waals surface area contributed by atoms with E-state index in [9.17, 15) is 0 Å². The second kappa shape index (κ2) is 7.50. The van der Waals surface area contributed by atoms with E-state index in [1.807, 2.05) is 24.4 Å². The van der Waals surface area contributed by atoms with Crippen LogP contribution in [0.25, 0.3) is 10.7 Å². The van der Waals surface area contributed by atoms with Gasteiger partial charge in [-0.1, -0.05) is 19.9 Å². The molecule has 0 amide bonds. The van der Waals surface area contributed by atoms with E-state index in [-0.39, 0.29) is 0 Å². The highest BCUT2D eigenvalue weighted by Gasteiger charge is 2.07. The van der Waals surface area contributed by atoms with Gasteiger partial charge in [-0.3, -0.25) is 4.98 Å². The van der Waals surface area contributed by atoms with Crippen molar-refractivity contribution in [2.45, 2.75) is 46.2 Å². The van der Waals surface area contributed by atoms with Gasteiger partial charge in [0.05, 0.1) is 11.4 Å². The lowest BCUT2D eigenvalue weighted by molar-refractivity contribution is 0.449. The number of rotatable bonds is 7. The van der Waals surface area contributed by atoms with E-state index >= 15 is 0 Å². The molecule has 0 saturated heterocycles. The summed E-state index contributed by atoms with van der Waals surface area (Å²) in [6.07, 6.45) is 4.29. The summed E-state index contributed by atoms with van der Waals surface area (Å²) in [7, 11) is 0. The molecule has 2 heterocycles. The van der Waals surface area contributed by atoms with Crippen molar-refractivity contribution < 1.29 is 0 Å². The lowest BCUT2D eigenvalue weighted by Crippen LogP contribution is -2.25. The van der Waals surface area contributed by atoms with Crippen LogP contribution in [0.5, 0.6) is 0 Å². The Kier molecular flexibility index (Phi) is 5.68. The van der Waals surface area contributed by atoms with Gasteiger partial charge in [-0.15, -0.1) is 11.3 Å². The molecular weight excluding hydrogens is 266 g/mol. The van der Waals surface area contributed by atoms with E-state index < -0.39 is 0 Å². The third kappa shape index (κ3) is 4.69. The highest BCUT2D eigenvalue weighted by molar-refractivity contribution is 7.13. The molecule has 0 aliphatic rings. The molecule has 2 rings (SSSR count). The van der Waals surface area contributed by atoms with Crippen molar-refractivity contribution in [2.24, 2.45) is 5.92 Å². The SMILES string of the molecule is CC(C)CCC(C)NCc1csc(-c2ccccn2)n1. The monoisotopic (exact) mass is 289 g/mol. The Morgan fingerprint density at radius 2 is 2.05 bits per heavy atom. The number of pyridine rings is 1. The molecule has 0 aromatic carbocycles. The Balaban J connectivity index is 1.84. The predicted octanol–water partition coefficient (Wildman–Crippen LogP) is 4.12. The van der Waals surface area contributed by atoms with Crippen LogP contribution in [-0.4, -0.2) is 16.0 Å². The van der Waals surface area contributed by atoms with E-state index in [4.69, 9.17) is 0 Å². The van der Waals surface area contributed by atoms with Crippen molar-refractivity contribution in [3.05, 3.63) is 35.5 Å². The van der Waals surface area contributed by atoms with Gasteiger partial charge in [0.25, 0.3) is 0 Å². The Hall–Kier alpha value is -1.26. The number of thiazole rings is 1. The van der Waals surface area contributed by atoms with Crippen molar-refractivity contribution in [2.75, 3.05) is 0 Å². The molecule has 0 radical (unpaired) electrons. The summed E-state index contributed by atoms with van der Waals surface area (Å²) in [5, 5.41) is 6.66. The van der Waals surface area contributed by atoms with E-state index in [2.05, 4.69) is 41.4 Å². The molecule has 1 N–H and O–H groups in total. The number of hydrogen-bond donors (Lipinski definition) is 1. The van der Waals surface area contributed by atoms with Crippen molar-refractivity contribution in [1.29, 1.82) is 0 Å². The Labute approximate surface area is 125 Å². The molecule has 2 aromatic rings.